The van der Waals surface area contributed by atoms with Crippen LogP contribution in [0.2, 0.25) is 0 Å². The molecule has 0 atom stereocenters. The quantitative estimate of drug-likeness (QED) is 0.245. The molecule has 0 unspecified atom stereocenters. The molecule has 1 heterocycles. The number of methoxy groups -OCH3 is 1. The van der Waals surface area contributed by atoms with Gasteiger partial charge in [0.15, 0.2) is 16.7 Å². The number of benzene rings is 4. The first-order valence-electron chi connectivity index (χ1n) is 11.9. The third-order valence-corrected chi connectivity index (χ3v) is 6.77. The maximum atomic E-state index is 13.5. The molecule has 1 fully saturated rings. The molecule has 6 heteroatoms. The van der Waals surface area contributed by atoms with Gasteiger partial charge in [-0.15, -0.1) is 0 Å². The van der Waals surface area contributed by atoms with Gasteiger partial charge >= 0.3 is 0 Å². The van der Waals surface area contributed by atoms with E-state index in [9.17, 15) is 4.79 Å². The van der Waals surface area contributed by atoms with Crippen molar-refractivity contribution in [1.82, 2.24) is 0 Å². The van der Waals surface area contributed by atoms with Crippen molar-refractivity contribution in [2.75, 3.05) is 12.0 Å². The van der Waals surface area contributed by atoms with Crippen molar-refractivity contribution in [3.8, 4) is 11.5 Å². The van der Waals surface area contributed by atoms with Crippen LogP contribution < -0.4 is 14.4 Å². The second-order valence-electron chi connectivity index (χ2n) is 8.50. The molecule has 0 N–H and O–H groups in total. The minimum Gasteiger partial charge on any atom is -0.493 e. The van der Waals surface area contributed by atoms with Crippen LogP contribution in [0.25, 0.3) is 6.08 Å². The first kappa shape index (κ1) is 24.4. The molecule has 0 aromatic heterocycles. The first-order valence-corrected chi connectivity index (χ1v) is 12.7. The smallest absolute Gasteiger partial charge is 0.271 e. The number of aliphatic imine (C=N–C) groups is 1. The van der Waals surface area contributed by atoms with E-state index in [0.717, 1.165) is 22.5 Å². The number of carbonyl (C=O) groups is 1. The Hall–Kier alpha value is -4.29. The zero-order valence-electron chi connectivity index (χ0n) is 20.6. The van der Waals surface area contributed by atoms with E-state index in [2.05, 4.69) is 31.2 Å². The van der Waals surface area contributed by atoms with Gasteiger partial charge in [-0.2, -0.15) is 0 Å². The number of hydrogen-bond donors (Lipinski definition) is 0. The van der Waals surface area contributed by atoms with Crippen LogP contribution in [0.4, 0.5) is 11.4 Å². The van der Waals surface area contributed by atoms with Crippen LogP contribution in [0.15, 0.2) is 113 Å². The Kier molecular flexibility index (Phi) is 7.38. The molecule has 37 heavy (non-hydrogen) atoms. The van der Waals surface area contributed by atoms with Crippen LogP contribution in [-0.4, -0.2) is 18.2 Å². The second kappa shape index (κ2) is 11.2. The highest BCUT2D eigenvalue weighted by Crippen LogP contribution is 2.38. The normalized spacial score (nSPS) is 15.4. The van der Waals surface area contributed by atoms with E-state index >= 15 is 0 Å². The monoisotopic (exact) mass is 506 g/mol. The molecule has 1 amide bonds. The number of amidine groups is 1. The van der Waals surface area contributed by atoms with E-state index in [4.69, 9.17) is 14.5 Å². The number of aryl methyl sites for hydroxylation is 1. The number of ether oxygens (including phenoxy) is 2. The fourth-order valence-electron chi connectivity index (χ4n) is 3.86. The van der Waals surface area contributed by atoms with Crippen molar-refractivity contribution in [1.29, 1.82) is 0 Å². The van der Waals surface area contributed by atoms with Gasteiger partial charge in [0.05, 0.1) is 23.4 Å². The van der Waals surface area contributed by atoms with Gasteiger partial charge in [-0.1, -0.05) is 72.3 Å². The van der Waals surface area contributed by atoms with Crippen LogP contribution in [0.5, 0.6) is 11.5 Å². The average Bonchev–Trinajstić information content (AvgIpc) is 3.23. The summed E-state index contributed by atoms with van der Waals surface area (Å²) in [4.78, 5) is 20.5. The number of rotatable bonds is 7. The van der Waals surface area contributed by atoms with E-state index in [1.54, 1.807) is 12.0 Å². The van der Waals surface area contributed by atoms with Crippen LogP contribution in [0.3, 0.4) is 0 Å². The van der Waals surface area contributed by atoms with Crippen LogP contribution in [-0.2, 0) is 11.4 Å². The zero-order valence-corrected chi connectivity index (χ0v) is 21.4. The Bertz CT molecular complexity index is 1450. The maximum Gasteiger partial charge on any atom is 0.271 e. The van der Waals surface area contributed by atoms with Crippen LogP contribution in [0, 0.1) is 6.92 Å². The summed E-state index contributed by atoms with van der Waals surface area (Å²) in [6, 6.07) is 33.1. The van der Waals surface area contributed by atoms with Crippen molar-refractivity contribution in [2.45, 2.75) is 13.5 Å². The third-order valence-electron chi connectivity index (χ3n) is 5.80. The van der Waals surface area contributed by atoms with Gasteiger partial charge in [-0.05, 0) is 72.3 Å². The molecule has 1 aliphatic heterocycles. The lowest BCUT2D eigenvalue weighted by molar-refractivity contribution is -0.113. The SMILES string of the molecule is COc1cc(C=C2SC(=Nc3ccccc3)N(c3ccccc3)C2=O)ccc1OCc1ccc(C)cc1. The Labute approximate surface area is 221 Å². The molecule has 0 saturated carbocycles. The number of amides is 1. The second-order valence-corrected chi connectivity index (χ2v) is 9.51. The van der Waals surface area contributed by atoms with E-state index in [1.807, 2.05) is 84.9 Å². The Morgan fingerprint density at radius 3 is 2.27 bits per heavy atom. The number of hydrogen-bond acceptors (Lipinski definition) is 5. The van der Waals surface area contributed by atoms with Crippen LogP contribution in [0.1, 0.15) is 16.7 Å². The van der Waals surface area contributed by atoms with Crippen molar-refractivity contribution in [2.24, 2.45) is 4.99 Å². The fourth-order valence-corrected chi connectivity index (χ4v) is 4.86. The van der Waals surface area contributed by atoms with Crippen molar-refractivity contribution in [3.05, 3.63) is 125 Å². The highest BCUT2D eigenvalue weighted by molar-refractivity contribution is 8.19. The molecule has 5 rings (SSSR count). The summed E-state index contributed by atoms with van der Waals surface area (Å²) < 4.78 is 11.6. The molecule has 1 saturated heterocycles. The molecule has 0 aliphatic carbocycles. The van der Waals surface area contributed by atoms with E-state index < -0.39 is 0 Å². The number of anilines is 1. The molecule has 0 spiro atoms. The van der Waals surface area contributed by atoms with Gasteiger partial charge in [0.2, 0.25) is 0 Å². The van der Waals surface area contributed by atoms with Gasteiger partial charge in [-0.25, -0.2) is 4.99 Å². The lowest BCUT2D eigenvalue weighted by Gasteiger charge is -2.15. The third kappa shape index (κ3) is 5.76. The van der Waals surface area contributed by atoms with Crippen molar-refractivity contribution >= 4 is 40.3 Å². The van der Waals surface area contributed by atoms with Gasteiger partial charge < -0.3 is 9.47 Å². The standard InChI is InChI=1S/C31H26N2O3S/c1-22-13-15-23(16-14-22)21-36-27-18-17-24(19-28(27)35-2)20-29-30(34)33(26-11-7-4-8-12-26)31(37-29)32-25-9-5-3-6-10-25/h3-20H,21H2,1-2H3. The van der Waals surface area contributed by atoms with E-state index in [0.29, 0.717) is 28.2 Å². The molecule has 0 radical (unpaired) electrons. The lowest BCUT2D eigenvalue weighted by Crippen LogP contribution is -2.28. The largest absolute Gasteiger partial charge is 0.493 e. The first-order chi connectivity index (χ1) is 18.1. The molecule has 1 aliphatic rings. The summed E-state index contributed by atoms with van der Waals surface area (Å²) >= 11 is 1.35. The zero-order chi connectivity index (χ0) is 25.6. The number of thioether (sulfide) groups is 1. The highest BCUT2D eigenvalue weighted by Gasteiger charge is 2.34. The molecular weight excluding hydrogens is 480 g/mol. The summed E-state index contributed by atoms with van der Waals surface area (Å²) in [5.74, 6) is 1.13. The lowest BCUT2D eigenvalue weighted by atomic mass is 10.1. The minimum absolute atomic E-state index is 0.121. The minimum atomic E-state index is -0.121. The topological polar surface area (TPSA) is 51.1 Å². The number of carbonyl (C=O) groups excluding carboxylic acids is 1. The molecule has 0 bridgehead atoms. The van der Waals surface area contributed by atoms with Gasteiger partial charge in [0, 0.05) is 0 Å². The van der Waals surface area contributed by atoms with Crippen molar-refractivity contribution < 1.29 is 14.3 Å². The average molecular weight is 507 g/mol. The molecular formula is C31H26N2O3S. The van der Waals surface area contributed by atoms with Crippen LogP contribution >= 0.6 is 11.8 Å². The molecule has 184 valence electrons. The summed E-state index contributed by atoms with van der Waals surface area (Å²) in [5.41, 5.74) is 4.69. The van der Waals surface area contributed by atoms with Gasteiger partial charge in [-0.3, -0.25) is 9.69 Å². The van der Waals surface area contributed by atoms with Gasteiger partial charge in [0.1, 0.15) is 6.61 Å². The molecule has 4 aromatic rings. The predicted octanol–water partition coefficient (Wildman–Crippen LogP) is 7.39. The van der Waals surface area contributed by atoms with Crippen molar-refractivity contribution in [3.63, 3.8) is 0 Å². The van der Waals surface area contributed by atoms with Gasteiger partial charge in [0.25, 0.3) is 5.91 Å². The Balaban J connectivity index is 1.42. The van der Waals surface area contributed by atoms with E-state index in [1.165, 1.54) is 17.3 Å². The number of para-hydroxylation sites is 2. The summed E-state index contributed by atoms with van der Waals surface area (Å²) in [5, 5.41) is 0.610. The molecule has 5 nitrogen and oxygen atoms in total. The summed E-state index contributed by atoms with van der Waals surface area (Å²) in [6.07, 6.45) is 1.86. The Morgan fingerprint density at radius 2 is 1.57 bits per heavy atom. The van der Waals surface area contributed by atoms with E-state index in [-0.39, 0.29) is 5.91 Å². The molecule has 4 aromatic carbocycles. The Morgan fingerprint density at radius 1 is 0.865 bits per heavy atom. The number of nitrogens with zero attached hydrogens (tertiary/aromatic N) is 2. The summed E-state index contributed by atoms with van der Waals surface area (Å²) in [6.45, 7) is 2.50. The maximum absolute atomic E-state index is 13.5. The predicted molar refractivity (Wildman–Crippen MR) is 152 cm³/mol. The summed E-state index contributed by atoms with van der Waals surface area (Å²) in [7, 11) is 1.61. The fraction of sp³-hybridized carbons (Fsp3) is 0.0968. The highest BCUT2D eigenvalue weighted by atomic mass is 32.2.